The zero-order chi connectivity index (χ0) is 14.5. The lowest BCUT2D eigenvalue weighted by atomic mass is 10.1. The Balaban J connectivity index is 1.44. The van der Waals surface area contributed by atoms with E-state index in [1.165, 1.54) is 17.7 Å². The minimum atomic E-state index is 0.334. The number of aromatic hydroxyl groups is 1. The molecule has 3 heteroatoms. The first-order valence-corrected chi connectivity index (χ1v) is 7.62. The molecule has 1 unspecified atom stereocenters. The summed E-state index contributed by atoms with van der Waals surface area (Å²) in [5, 5.41) is 12.9. The normalized spacial score (nSPS) is 18.1. The van der Waals surface area contributed by atoms with Crippen LogP contribution in [0.4, 0.5) is 5.69 Å². The summed E-state index contributed by atoms with van der Waals surface area (Å²) in [4.78, 5) is 2.44. The summed E-state index contributed by atoms with van der Waals surface area (Å²) in [5.74, 6) is 0.334. The highest BCUT2D eigenvalue weighted by molar-refractivity contribution is 5.47. The molecule has 1 aliphatic heterocycles. The van der Waals surface area contributed by atoms with E-state index in [9.17, 15) is 5.11 Å². The zero-order valence-electron chi connectivity index (χ0n) is 12.2. The van der Waals surface area contributed by atoms with Gasteiger partial charge in [0.25, 0.3) is 0 Å². The van der Waals surface area contributed by atoms with E-state index < -0.39 is 0 Å². The van der Waals surface area contributed by atoms with Gasteiger partial charge < -0.3 is 15.3 Å². The molecule has 0 aromatic heterocycles. The van der Waals surface area contributed by atoms with Gasteiger partial charge in [-0.15, -0.1) is 0 Å². The van der Waals surface area contributed by atoms with Gasteiger partial charge in [0.2, 0.25) is 0 Å². The molecule has 1 atom stereocenters. The Bertz CT molecular complexity index is 553. The summed E-state index contributed by atoms with van der Waals surface area (Å²) < 4.78 is 0. The lowest BCUT2D eigenvalue weighted by molar-refractivity contribution is 0.475. The van der Waals surface area contributed by atoms with E-state index in [4.69, 9.17) is 0 Å². The number of para-hydroxylation sites is 1. The third kappa shape index (κ3) is 3.76. The highest BCUT2D eigenvalue weighted by Crippen LogP contribution is 2.19. The minimum absolute atomic E-state index is 0.334. The van der Waals surface area contributed by atoms with E-state index in [1.54, 1.807) is 12.1 Å². The van der Waals surface area contributed by atoms with Crippen molar-refractivity contribution in [3.8, 4) is 5.75 Å². The summed E-state index contributed by atoms with van der Waals surface area (Å²) in [6.07, 6.45) is 2.20. The number of benzene rings is 2. The molecule has 1 aliphatic rings. The molecule has 1 fully saturated rings. The number of anilines is 1. The summed E-state index contributed by atoms with van der Waals surface area (Å²) >= 11 is 0. The van der Waals surface area contributed by atoms with Gasteiger partial charge in [-0.05, 0) is 49.2 Å². The van der Waals surface area contributed by atoms with Crippen LogP contribution in [0.15, 0.2) is 54.6 Å². The van der Waals surface area contributed by atoms with E-state index >= 15 is 0 Å². The van der Waals surface area contributed by atoms with Crippen LogP contribution in [0.25, 0.3) is 0 Å². The molecular weight excluding hydrogens is 260 g/mol. The van der Waals surface area contributed by atoms with E-state index in [2.05, 4.69) is 40.5 Å². The van der Waals surface area contributed by atoms with Gasteiger partial charge in [-0.25, -0.2) is 0 Å². The van der Waals surface area contributed by atoms with Crippen molar-refractivity contribution in [2.24, 2.45) is 0 Å². The van der Waals surface area contributed by atoms with Crippen LogP contribution in [0.5, 0.6) is 5.75 Å². The van der Waals surface area contributed by atoms with Crippen LogP contribution >= 0.6 is 0 Å². The first-order chi connectivity index (χ1) is 10.3. The third-order valence-corrected chi connectivity index (χ3v) is 4.09. The van der Waals surface area contributed by atoms with Gasteiger partial charge in [-0.3, -0.25) is 0 Å². The van der Waals surface area contributed by atoms with Gasteiger partial charge >= 0.3 is 0 Å². The maximum absolute atomic E-state index is 9.27. The lowest BCUT2D eigenvalue weighted by Gasteiger charge is -2.19. The van der Waals surface area contributed by atoms with E-state index in [-0.39, 0.29) is 0 Å². The Morgan fingerprint density at radius 2 is 1.81 bits per heavy atom. The van der Waals surface area contributed by atoms with Crippen LogP contribution in [-0.2, 0) is 6.42 Å². The van der Waals surface area contributed by atoms with E-state index in [1.807, 2.05) is 12.1 Å². The maximum atomic E-state index is 9.27. The van der Waals surface area contributed by atoms with E-state index in [0.717, 1.165) is 26.1 Å². The summed E-state index contributed by atoms with van der Waals surface area (Å²) in [5.41, 5.74) is 2.58. The first-order valence-electron chi connectivity index (χ1n) is 7.62. The Morgan fingerprint density at radius 3 is 2.57 bits per heavy atom. The van der Waals surface area contributed by atoms with Gasteiger partial charge in [0.1, 0.15) is 5.75 Å². The van der Waals surface area contributed by atoms with Crippen LogP contribution in [0.3, 0.4) is 0 Å². The topological polar surface area (TPSA) is 35.5 Å². The van der Waals surface area contributed by atoms with Gasteiger partial charge in [0, 0.05) is 24.8 Å². The second-order valence-corrected chi connectivity index (χ2v) is 5.64. The second kappa shape index (κ2) is 6.64. The number of hydrogen-bond donors (Lipinski definition) is 2. The SMILES string of the molecule is Oc1ccc(CCNC2CCN(c3ccccc3)C2)cc1. The van der Waals surface area contributed by atoms with Crippen molar-refractivity contribution >= 4 is 5.69 Å². The summed E-state index contributed by atoms with van der Waals surface area (Å²) in [7, 11) is 0. The van der Waals surface area contributed by atoms with Crippen molar-refractivity contribution in [3.63, 3.8) is 0 Å². The minimum Gasteiger partial charge on any atom is -0.508 e. The van der Waals surface area contributed by atoms with Gasteiger partial charge in [0.15, 0.2) is 0 Å². The standard InChI is InChI=1S/C18H22N2O/c21-18-8-6-15(7-9-18)10-12-19-16-11-13-20(14-16)17-4-2-1-3-5-17/h1-9,16,19,21H,10-14H2. The molecule has 2 aromatic carbocycles. The molecule has 1 heterocycles. The first kappa shape index (κ1) is 14.0. The average molecular weight is 282 g/mol. The number of nitrogens with one attached hydrogen (secondary N) is 1. The molecule has 3 rings (SSSR count). The Kier molecular flexibility index (Phi) is 4.41. The second-order valence-electron chi connectivity index (χ2n) is 5.64. The molecule has 110 valence electrons. The molecule has 2 aromatic rings. The number of hydrogen-bond acceptors (Lipinski definition) is 3. The van der Waals surface area contributed by atoms with Crippen molar-refractivity contribution in [1.29, 1.82) is 0 Å². The molecule has 1 saturated heterocycles. The molecule has 0 radical (unpaired) electrons. The molecule has 0 amide bonds. The molecule has 0 saturated carbocycles. The molecule has 0 aliphatic carbocycles. The lowest BCUT2D eigenvalue weighted by Crippen LogP contribution is -2.33. The van der Waals surface area contributed by atoms with Crippen LogP contribution in [0.1, 0.15) is 12.0 Å². The monoisotopic (exact) mass is 282 g/mol. The van der Waals surface area contributed by atoms with Crippen molar-refractivity contribution < 1.29 is 5.11 Å². The van der Waals surface area contributed by atoms with Gasteiger partial charge in [-0.1, -0.05) is 30.3 Å². The molecular formula is C18H22N2O. The molecule has 2 N–H and O–H groups in total. The fraction of sp³-hybridized carbons (Fsp3) is 0.333. The highest BCUT2D eigenvalue weighted by Gasteiger charge is 2.21. The fourth-order valence-electron chi connectivity index (χ4n) is 2.88. The van der Waals surface area contributed by atoms with Crippen LogP contribution in [-0.4, -0.2) is 30.8 Å². The van der Waals surface area contributed by atoms with Gasteiger partial charge in [0.05, 0.1) is 0 Å². The van der Waals surface area contributed by atoms with Crippen molar-refractivity contribution in [2.45, 2.75) is 18.9 Å². The number of phenolic OH excluding ortho intramolecular Hbond substituents is 1. The van der Waals surface area contributed by atoms with Crippen LogP contribution in [0, 0.1) is 0 Å². The number of rotatable bonds is 5. The van der Waals surface area contributed by atoms with Crippen LogP contribution < -0.4 is 10.2 Å². The van der Waals surface area contributed by atoms with Crippen molar-refractivity contribution in [1.82, 2.24) is 5.32 Å². The maximum Gasteiger partial charge on any atom is 0.115 e. The molecule has 3 nitrogen and oxygen atoms in total. The van der Waals surface area contributed by atoms with Crippen molar-refractivity contribution in [2.75, 3.05) is 24.5 Å². The fourth-order valence-corrected chi connectivity index (χ4v) is 2.88. The molecule has 0 spiro atoms. The predicted octanol–water partition coefficient (Wildman–Crippen LogP) is 2.80. The quantitative estimate of drug-likeness (QED) is 0.885. The molecule has 21 heavy (non-hydrogen) atoms. The summed E-state index contributed by atoms with van der Waals surface area (Å²) in [6.45, 7) is 3.19. The van der Waals surface area contributed by atoms with E-state index in [0.29, 0.717) is 11.8 Å². The molecule has 0 bridgehead atoms. The number of nitrogens with zero attached hydrogens (tertiary/aromatic N) is 1. The smallest absolute Gasteiger partial charge is 0.115 e. The van der Waals surface area contributed by atoms with Crippen LogP contribution in [0.2, 0.25) is 0 Å². The summed E-state index contributed by atoms with van der Waals surface area (Å²) in [6, 6.07) is 18.7. The Labute approximate surface area is 126 Å². The predicted molar refractivity (Wildman–Crippen MR) is 86.9 cm³/mol. The zero-order valence-corrected chi connectivity index (χ0v) is 12.2. The Morgan fingerprint density at radius 1 is 1.05 bits per heavy atom. The highest BCUT2D eigenvalue weighted by atomic mass is 16.3. The largest absolute Gasteiger partial charge is 0.508 e. The third-order valence-electron chi connectivity index (χ3n) is 4.09. The van der Waals surface area contributed by atoms with Crippen molar-refractivity contribution in [3.05, 3.63) is 60.2 Å². The number of phenols is 1. The van der Waals surface area contributed by atoms with Gasteiger partial charge in [-0.2, -0.15) is 0 Å². The average Bonchev–Trinajstić information content (AvgIpc) is 2.99. The Hall–Kier alpha value is -2.00.